The molecule has 6 heteroatoms. The Morgan fingerprint density at radius 1 is 1.04 bits per heavy atom. The third-order valence-corrected chi connectivity index (χ3v) is 5.87. The quantitative estimate of drug-likeness (QED) is 0.605. The van der Waals surface area contributed by atoms with Crippen LogP contribution in [-0.4, -0.2) is 8.42 Å². The summed E-state index contributed by atoms with van der Waals surface area (Å²) >= 11 is 1.06. The predicted molar refractivity (Wildman–Crippen MR) is 103 cm³/mol. The molecule has 0 amide bonds. The van der Waals surface area contributed by atoms with Gasteiger partial charge in [0.05, 0.1) is 10.6 Å². The van der Waals surface area contributed by atoms with Crippen molar-refractivity contribution in [2.75, 3.05) is 4.72 Å². The minimum absolute atomic E-state index is 0.0306. The molecule has 0 unspecified atom stereocenters. The molecule has 0 aliphatic rings. The molecule has 0 heterocycles. The molecule has 0 saturated carbocycles. The summed E-state index contributed by atoms with van der Waals surface area (Å²) < 4.78 is 28.1. The van der Waals surface area contributed by atoms with Gasteiger partial charge in [0.2, 0.25) is 0 Å². The number of nitriles is 1. The third-order valence-electron chi connectivity index (χ3n) is 3.94. The van der Waals surface area contributed by atoms with Crippen LogP contribution in [0.5, 0.6) is 0 Å². The first-order chi connectivity index (χ1) is 11.5. The van der Waals surface area contributed by atoms with E-state index in [0.717, 1.165) is 33.3 Å². The smallest absolute Gasteiger partial charge is 0.261 e. The molecule has 2 aromatic carbocycles. The Morgan fingerprint density at radius 3 is 2.00 bits per heavy atom. The molecule has 0 bridgehead atoms. The van der Waals surface area contributed by atoms with Gasteiger partial charge in [0.25, 0.3) is 10.0 Å². The minimum Gasteiger partial charge on any atom is -0.279 e. The number of benzene rings is 2. The minimum atomic E-state index is -3.67. The van der Waals surface area contributed by atoms with Crippen molar-refractivity contribution in [3.63, 3.8) is 0 Å². The highest BCUT2D eigenvalue weighted by molar-refractivity contribution is 8.03. The summed E-state index contributed by atoms with van der Waals surface area (Å²) in [6.07, 6.45) is 0. The molecule has 0 fully saturated rings. The number of thioether (sulfide) groups is 1. The van der Waals surface area contributed by atoms with Gasteiger partial charge in [0, 0.05) is 4.90 Å². The molecule has 0 aliphatic carbocycles. The maximum atomic E-state index is 12.7. The van der Waals surface area contributed by atoms with Gasteiger partial charge in [-0.1, -0.05) is 32.9 Å². The first-order valence-electron chi connectivity index (χ1n) is 7.85. The van der Waals surface area contributed by atoms with Gasteiger partial charge < -0.3 is 0 Å². The van der Waals surface area contributed by atoms with E-state index in [9.17, 15) is 8.42 Å². The largest absolute Gasteiger partial charge is 0.279 e. The zero-order valence-electron chi connectivity index (χ0n) is 15.0. The summed E-state index contributed by atoms with van der Waals surface area (Å²) in [6.45, 7) is 9.91. The Hall–Kier alpha value is -1.97. The Morgan fingerprint density at radius 2 is 1.56 bits per heavy atom. The number of thiocyanates is 1. The lowest BCUT2D eigenvalue weighted by Gasteiger charge is -2.19. The first kappa shape index (κ1) is 19.4. The summed E-state index contributed by atoms with van der Waals surface area (Å²) in [5.74, 6) is 0. The summed E-state index contributed by atoms with van der Waals surface area (Å²) in [5, 5.41) is 10.8. The summed E-state index contributed by atoms with van der Waals surface area (Å²) in [4.78, 5) is 1.03. The lowest BCUT2D eigenvalue weighted by Crippen LogP contribution is -2.16. The highest BCUT2D eigenvalue weighted by Gasteiger charge is 2.19. The summed E-state index contributed by atoms with van der Waals surface area (Å²) in [5.41, 5.74) is 3.18. The summed E-state index contributed by atoms with van der Waals surface area (Å²) in [7, 11) is -3.67. The molecule has 0 aliphatic heterocycles. The van der Waals surface area contributed by atoms with E-state index in [4.69, 9.17) is 5.26 Å². The van der Waals surface area contributed by atoms with E-state index in [0.29, 0.717) is 5.69 Å². The van der Waals surface area contributed by atoms with Gasteiger partial charge in [-0.3, -0.25) is 4.72 Å². The van der Waals surface area contributed by atoms with Crippen LogP contribution in [0.2, 0.25) is 0 Å². The number of rotatable bonds is 4. The van der Waals surface area contributed by atoms with E-state index in [1.165, 1.54) is 0 Å². The number of aryl methyl sites for hydroxylation is 2. The van der Waals surface area contributed by atoms with Crippen LogP contribution in [0.4, 0.5) is 5.69 Å². The molecule has 0 aromatic heterocycles. The molecule has 0 radical (unpaired) electrons. The van der Waals surface area contributed by atoms with Crippen LogP contribution in [0.25, 0.3) is 0 Å². The van der Waals surface area contributed by atoms with Crippen molar-refractivity contribution < 1.29 is 8.42 Å². The normalized spacial score (nSPS) is 11.8. The SMILES string of the molecule is Cc1cc(SC#N)cc(C)c1NS(=O)(=O)c1ccc(C(C)(C)C)cc1. The number of anilines is 1. The number of hydrogen-bond donors (Lipinski definition) is 1. The van der Waals surface area contributed by atoms with E-state index in [1.807, 2.05) is 31.4 Å². The van der Waals surface area contributed by atoms with Crippen LogP contribution in [-0.2, 0) is 15.4 Å². The van der Waals surface area contributed by atoms with E-state index in [1.54, 1.807) is 24.3 Å². The van der Waals surface area contributed by atoms with Gasteiger partial charge >= 0.3 is 0 Å². The maximum absolute atomic E-state index is 12.7. The second-order valence-electron chi connectivity index (χ2n) is 7.01. The standard InChI is InChI=1S/C19H22N2O2S2/c1-13-10-16(24-12-20)11-14(2)18(13)21-25(22,23)17-8-6-15(7-9-17)19(3,4)5/h6-11,21H,1-5H3. The molecule has 0 spiro atoms. The van der Waals surface area contributed by atoms with Crippen molar-refractivity contribution >= 4 is 27.5 Å². The summed E-state index contributed by atoms with van der Waals surface area (Å²) in [6, 6.07) is 10.6. The highest BCUT2D eigenvalue weighted by atomic mass is 32.2. The molecule has 132 valence electrons. The molecule has 0 saturated heterocycles. The van der Waals surface area contributed by atoms with Gasteiger partial charge in [-0.25, -0.2) is 8.42 Å². The van der Waals surface area contributed by atoms with E-state index in [2.05, 4.69) is 25.5 Å². The van der Waals surface area contributed by atoms with Gasteiger partial charge in [-0.2, -0.15) is 5.26 Å². The number of sulfonamides is 1. The molecular weight excluding hydrogens is 352 g/mol. The van der Waals surface area contributed by atoms with Crippen LogP contribution in [0.1, 0.15) is 37.5 Å². The fourth-order valence-electron chi connectivity index (χ4n) is 2.52. The van der Waals surface area contributed by atoms with Crippen molar-refractivity contribution in [1.82, 2.24) is 0 Å². The topological polar surface area (TPSA) is 70.0 Å². The fraction of sp³-hybridized carbons (Fsp3) is 0.316. The van der Waals surface area contributed by atoms with Crippen molar-refractivity contribution in [3.8, 4) is 5.40 Å². The Labute approximate surface area is 154 Å². The van der Waals surface area contributed by atoms with Crippen molar-refractivity contribution in [3.05, 3.63) is 53.1 Å². The second-order valence-corrected chi connectivity index (χ2v) is 9.55. The molecule has 25 heavy (non-hydrogen) atoms. The molecule has 1 N–H and O–H groups in total. The van der Waals surface area contributed by atoms with Crippen molar-refractivity contribution in [2.24, 2.45) is 0 Å². The number of nitrogens with zero attached hydrogens (tertiary/aromatic N) is 1. The number of hydrogen-bond acceptors (Lipinski definition) is 4. The van der Waals surface area contributed by atoms with Crippen LogP contribution in [0, 0.1) is 24.5 Å². The maximum Gasteiger partial charge on any atom is 0.261 e. The van der Waals surface area contributed by atoms with Crippen LogP contribution < -0.4 is 4.72 Å². The fourth-order valence-corrected chi connectivity index (χ4v) is 4.30. The zero-order valence-corrected chi connectivity index (χ0v) is 16.7. The third kappa shape index (κ3) is 4.56. The highest BCUT2D eigenvalue weighted by Crippen LogP contribution is 2.30. The average molecular weight is 375 g/mol. The van der Waals surface area contributed by atoms with Crippen LogP contribution in [0.3, 0.4) is 0 Å². The van der Waals surface area contributed by atoms with Gasteiger partial charge in [0.1, 0.15) is 5.40 Å². The van der Waals surface area contributed by atoms with Gasteiger partial charge in [0.15, 0.2) is 0 Å². The van der Waals surface area contributed by atoms with Crippen molar-refractivity contribution in [1.29, 1.82) is 5.26 Å². The van der Waals surface area contributed by atoms with Crippen molar-refractivity contribution in [2.45, 2.75) is 49.8 Å². The van der Waals surface area contributed by atoms with Gasteiger partial charge in [-0.15, -0.1) is 0 Å². The van der Waals surface area contributed by atoms with E-state index >= 15 is 0 Å². The Bertz CT molecular complexity index is 896. The molecule has 4 nitrogen and oxygen atoms in total. The first-order valence-corrected chi connectivity index (χ1v) is 10.1. The van der Waals surface area contributed by atoms with E-state index in [-0.39, 0.29) is 10.3 Å². The lowest BCUT2D eigenvalue weighted by molar-refractivity contribution is 0.587. The Kier molecular flexibility index (Phi) is 5.50. The monoisotopic (exact) mass is 374 g/mol. The lowest BCUT2D eigenvalue weighted by atomic mass is 9.87. The Balaban J connectivity index is 2.35. The average Bonchev–Trinajstić information content (AvgIpc) is 2.51. The molecule has 2 aromatic rings. The molecule has 0 atom stereocenters. The predicted octanol–water partition coefficient (Wildman–Crippen LogP) is 4.97. The van der Waals surface area contributed by atoms with Crippen LogP contribution in [0.15, 0.2) is 46.2 Å². The molecule has 2 rings (SSSR count). The second kappa shape index (κ2) is 7.11. The van der Waals surface area contributed by atoms with E-state index < -0.39 is 10.0 Å². The molecular formula is C19H22N2O2S2. The van der Waals surface area contributed by atoms with Crippen LogP contribution >= 0.6 is 11.8 Å². The van der Waals surface area contributed by atoms with Gasteiger partial charge in [-0.05, 0) is 72.0 Å². The zero-order chi connectivity index (χ0) is 18.8. The number of nitrogens with one attached hydrogen (secondary N) is 1.